The van der Waals surface area contributed by atoms with E-state index in [9.17, 15) is 4.79 Å². The van der Waals surface area contributed by atoms with Crippen LogP contribution in [0.3, 0.4) is 0 Å². The molecule has 0 atom stereocenters. The predicted molar refractivity (Wildman–Crippen MR) is 89.0 cm³/mol. The number of carbonyl (C=O) groups is 1. The molecule has 5 heteroatoms. The van der Waals surface area contributed by atoms with Crippen molar-refractivity contribution in [3.05, 3.63) is 47.3 Å². The van der Waals surface area contributed by atoms with Crippen LogP contribution in [0.2, 0.25) is 0 Å². The lowest BCUT2D eigenvalue weighted by Gasteiger charge is -2.13. The molecule has 0 fully saturated rings. The van der Waals surface area contributed by atoms with Gasteiger partial charge in [-0.3, -0.25) is 9.48 Å². The van der Waals surface area contributed by atoms with Gasteiger partial charge < -0.3 is 10.6 Å². The lowest BCUT2D eigenvalue weighted by molar-refractivity contribution is 0.0942. The van der Waals surface area contributed by atoms with E-state index in [0.717, 1.165) is 29.1 Å². The third kappa shape index (κ3) is 3.87. The first-order chi connectivity index (χ1) is 10.5. The predicted octanol–water partition coefficient (Wildman–Crippen LogP) is 2.96. The molecule has 1 amide bonds. The summed E-state index contributed by atoms with van der Waals surface area (Å²) in [6.07, 6.45) is 1.81. The molecular weight excluding hydrogens is 276 g/mol. The molecule has 0 aliphatic rings. The Hall–Kier alpha value is -2.30. The number of aryl methyl sites for hydroxylation is 2. The fourth-order valence-corrected chi connectivity index (χ4v) is 2.36. The molecule has 0 aliphatic heterocycles. The van der Waals surface area contributed by atoms with E-state index < -0.39 is 0 Å². The molecule has 1 aromatic carbocycles. The van der Waals surface area contributed by atoms with Crippen LogP contribution >= 0.6 is 0 Å². The van der Waals surface area contributed by atoms with Crippen LogP contribution in [0.5, 0.6) is 0 Å². The molecule has 118 valence electrons. The van der Waals surface area contributed by atoms with Gasteiger partial charge in [-0.2, -0.15) is 5.10 Å². The molecule has 2 aromatic rings. The van der Waals surface area contributed by atoms with Crippen molar-refractivity contribution in [2.24, 2.45) is 0 Å². The average molecular weight is 300 g/mol. The second kappa shape index (κ2) is 7.11. The van der Waals surface area contributed by atoms with Crippen molar-refractivity contribution in [2.45, 2.75) is 46.8 Å². The summed E-state index contributed by atoms with van der Waals surface area (Å²) in [7, 11) is 0. The topological polar surface area (TPSA) is 59.0 Å². The summed E-state index contributed by atoms with van der Waals surface area (Å²) >= 11 is 0. The van der Waals surface area contributed by atoms with E-state index >= 15 is 0 Å². The maximum absolute atomic E-state index is 12.1. The van der Waals surface area contributed by atoms with Crippen LogP contribution < -0.4 is 10.6 Å². The van der Waals surface area contributed by atoms with Gasteiger partial charge in [0.2, 0.25) is 0 Å². The van der Waals surface area contributed by atoms with Gasteiger partial charge in [0.1, 0.15) is 0 Å². The summed E-state index contributed by atoms with van der Waals surface area (Å²) in [5.74, 6) is -0.0249. The highest BCUT2D eigenvalue weighted by molar-refractivity contribution is 5.96. The highest BCUT2D eigenvalue weighted by Crippen LogP contribution is 2.16. The monoisotopic (exact) mass is 300 g/mol. The normalized spacial score (nSPS) is 10.8. The first-order valence-electron chi connectivity index (χ1n) is 7.67. The van der Waals surface area contributed by atoms with Crippen molar-refractivity contribution in [3.63, 3.8) is 0 Å². The van der Waals surface area contributed by atoms with Crippen LogP contribution in [0.25, 0.3) is 0 Å². The van der Waals surface area contributed by atoms with Crippen LogP contribution in [-0.4, -0.2) is 21.7 Å². The number of hydrogen-bond donors (Lipinski definition) is 2. The van der Waals surface area contributed by atoms with Gasteiger partial charge in [0, 0.05) is 30.0 Å². The maximum atomic E-state index is 12.1. The van der Waals surface area contributed by atoms with Crippen LogP contribution in [0, 0.1) is 6.92 Å². The fraction of sp³-hybridized carbons (Fsp3) is 0.412. The largest absolute Gasteiger partial charge is 0.379 e. The first kappa shape index (κ1) is 16.1. The number of amides is 1. The summed E-state index contributed by atoms with van der Waals surface area (Å²) in [4.78, 5) is 12.1. The van der Waals surface area contributed by atoms with Crippen LogP contribution in [0.15, 0.2) is 30.5 Å². The van der Waals surface area contributed by atoms with E-state index in [1.54, 1.807) is 0 Å². The summed E-state index contributed by atoms with van der Waals surface area (Å²) in [5.41, 5.74) is 3.83. The maximum Gasteiger partial charge on any atom is 0.251 e. The van der Waals surface area contributed by atoms with Gasteiger partial charge in [0.05, 0.1) is 12.2 Å². The quantitative estimate of drug-likeness (QED) is 0.862. The number of carbonyl (C=O) groups excluding carboxylic acids is 1. The zero-order chi connectivity index (χ0) is 16.1. The third-order valence-corrected chi connectivity index (χ3v) is 3.47. The smallest absolute Gasteiger partial charge is 0.251 e. The minimum absolute atomic E-state index is 0.0249. The Morgan fingerprint density at radius 3 is 2.73 bits per heavy atom. The van der Waals surface area contributed by atoms with Crippen molar-refractivity contribution >= 4 is 11.6 Å². The number of rotatable bonds is 6. The molecule has 2 N–H and O–H groups in total. The van der Waals surface area contributed by atoms with Crippen molar-refractivity contribution in [2.75, 3.05) is 5.32 Å². The van der Waals surface area contributed by atoms with E-state index in [4.69, 9.17) is 0 Å². The Morgan fingerprint density at radius 2 is 2.09 bits per heavy atom. The number of benzene rings is 1. The van der Waals surface area contributed by atoms with Crippen molar-refractivity contribution in [1.29, 1.82) is 0 Å². The molecule has 0 saturated carbocycles. The fourth-order valence-electron chi connectivity index (χ4n) is 2.36. The van der Waals surface area contributed by atoms with Crippen LogP contribution in [0.1, 0.15) is 42.4 Å². The minimum atomic E-state index is -0.0249. The molecule has 0 aliphatic carbocycles. The highest BCUT2D eigenvalue weighted by Gasteiger charge is 2.10. The summed E-state index contributed by atoms with van der Waals surface area (Å²) < 4.78 is 1.96. The van der Waals surface area contributed by atoms with E-state index in [1.807, 2.05) is 55.9 Å². The van der Waals surface area contributed by atoms with E-state index in [0.29, 0.717) is 6.54 Å². The van der Waals surface area contributed by atoms with E-state index in [1.165, 1.54) is 0 Å². The Morgan fingerprint density at radius 1 is 1.32 bits per heavy atom. The minimum Gasteiger partial charge on any atom is -0.379 e. The first-order valence-corrected chi connectivity index (χ1v) is 7.67. The van der Waals surface area contributed by atoms with Crippen molar-refractivity contribution in [1.82, 2.24) is 15.1 Å². The number of nitrogens with zero attached hydrogens (tertiary/aromatic N) is 2. The number of hydrogen-bond acceptors (Lipinski definition) is 3. The lowest BCUT2D eigenvalue weighted by atomic mass is 10.1. The molecular formula is C17H24N4O. The number of anilines is 1. The molecule has 0 spiro atoms. The van der Waals surface area contributed by atoms with Gasteiger partial charge in [0.25, 0.3) is 5.91 Å². The Bertz CT molecular complexity index is 646. The molecule has 1 heterocycles. The highest BCUT2D eigenvalue weighted by atomic mass is 16.1. The van der Waals surface area contributed by atoms with E-state index in [-0.39, 0.29) is 11.9 Å². The lowest BCUT2D eigenvalue weighted by Crippen LogP contribution is -2.30. The van der Waals surface area contributed by atoms with Crippen molar-refractivity contribution < 1.29 is 4.79 Å². The van der Waals surface area contributed by atoms with Gasteiger partial charge in [-0.1, -0.05) is 0 Å². The molecule has 22 heavy (non-hydrogen) atoms. The SMILES string of the molecule is CCn1nccc1CNc1ccc(C(=O)NC(C)C)c(C)c1. The van der Waals surface area contributed by atoms with E-state index in [2.05, 4.69) is 22.7 Å². The van der Waals surface area contributed by atoms with Crippen molar-refractivity contribution in [3.8, 4) is 0 Å². The summed E-state index contributed by atoms with van der Waals surface area (Å²) in [5, 5.41) is 10.5. The molecule has 0 bridgehead atoms. The van der Waals surface area contributed by atoms with Gasteiger partial charge in [-0.15, -0.1) is 0 Å². The van der Waals surface area contributed by atoms with Crippen LogP contribution in [-0.2, 0) is 13.1 Å². The van der Waals surface area contributed by atoms with Crippen LogP contribution in [0.4, 0.5) is 5.69 Å². The number of nitrogens with one attached hydrogen (secondary N) is 2. The Balaban J connectivity index is 2.05. The molecule has 0 unspecified atom stereocenters. The molecule has 0 saturated heterocycles. The summed E-state index contributed by atoms with van der Waals surface area (Å²) in [6.45, 7) is 9.52. The van der Waals surface area contributed by atoms with Gasteiger partial charge in [0.15, 0.2) is 0 Å². The molecule has 0 radical (unpaired) electrons. The number of aromatic nitrogens is 2. The zero-order valence-electron chi connectivity index (χ0n) is 13.7. The molecule has 2 rings (SSSR count). The third-order valence-electron chi connectivity index (χ3n) is 3.47. The zero-order valence-corrected chi connectivity index (χ0v) is 13.7. The molecule has 1 aromatic heterocycles. The average Bonchev–Trinajstić information content (AvgIpc) is 2.91. The second-order valence-corrected chi connectivity index (χ2v) is 5.65. The van der Waals surface area contributed by atoms with Gasteiger partial charge in [-0.05, 0) is 57.5 Å². The standard InChI is InChI=1S/C17H24N4O/c1-5-21-15(8-9-19-21)11-18-14-6-7-16(13(4)10-14)17(22)20-12(2)3/h6-10,12,18H,5,11H2,1-4H3,(H,20,22). The summed E-state index contributed by atoms with van der Waals surface area (Å²) in [6, 6.07) is 7.95. The Labute approximate surface area is 131 Å². The van der Waals surface area contributed by atoms with Gasteiger partial charge >= 0.3 is 0 Å². The molecule has 5 nitrogen and oxygen atoms in total. The second-order valence-electron chi connectivity index (χ2n) is 5.65. The van der Waals surface area contributed by atoms with Gasteiger partial charge in [-0.25, -0.2) is 0 Å². The Kier molecular flexibility index (Phi) is 5.20.